The third kappa shape index (κ3) is 6.19. The number of aliphatic carboxylic acids is 2. The lowest BCUT2D eigenvalue weighted by molar-refractivity contribution is -0.134. The van der Waals surface area contributed by atoms with Gasteiger partial charge in [0, 0.05) is 61.4 Å². The first-order valence-electron chi connectivity index (χ1n) is 13.0. The van der Waals surface area contributed by atoms with E-state index in [0.717, 1.165) is 30.9 Å². The number of rotatable bonds is 6. The van der Waals surface area contributed by atoms with Gasteiger partial charge in [0.25, 0.3) is 11.8 Å². The number of hydrogen-bond donors (Lipinski definition) is 4. The summed E-state index contributed by atoms with van der Waals surface area (Å²) in [4.78, 5) is 59.2. The van der Waals surface area contributed by atoms with Gasteiger partial charge < -0.3 is 20.3 Å². The molecule has 0 saturated carbocycles. The molecule has 3 heterocycles. The van der Waals surface area contributed by atoms with Crippen LogP contribution in [0.15, 0.2) is 42.5 Å². The lowest BCUT2D eigenvalue weighted by Gasteiger charge is -2.34. The largest absolute Gasteiger partial charge is 0.478 e. The predicted octanol–water partition coefficient (Wildman–Crippen LogP) is 2.41. The van der Waals surface area contributed by atoms with Crippen molar-refractivity contribution in [3.63, 3.8) is 0 Å². The molecule has 4 N–H and O–H groups in total. The number of carboxylic acid groups (broad SMARTS) is 2. The van der Waals surface area contributed by atoms with E-state index in [0.29, 0.717) is 45.5 Å². The average Bonchev–Trinajstić information content (AvgIpc) is 3.48. The van der Waals surface area contributed by atoms with Crippen molar-refractivity contribution in [3.05, 3.63) is 65.0 Å². The number of halogens is 1. The summed E-state index contributed by atoms with van der Waals surface area (Å²) in [5, 5.41) is 26.4. The Morgan fingerprint density at radius 3 is 2.31 bits per heavy atom. The molecule has 0 spiro atoms. The third-order valence-electron chi connectivity index (χ3n) is 6.77. The first-order chi connectivity index (χ1) is 20.0. The normalized spacial score (nSPS) is 15.6. The maximum atomic E-state index is 14.1. The summed E-state index contributed by atoms with van der Waals surface area (Å²) in [6.07, 6.45) is 0.389. The number of nitrogens with one attached hydrogen (secondary N) is 2. The van der Waals surface area contributed by atoms with Crippen molar-refractivity contribution in [3.8, 4) is 11.3 Å². The van der Waals surface area contributed by atoms with Crippen molar-refractivity contribution in [2.24, 2.45) is 0 Å². The lowest BCUT2D eigenvalue weighted by atomic mass is 9.89. The first-order valence-corrected chi connectivity index (χ1v) is 13.0. The summed E-state index contributed by atoms with van der Waals surface area (Å²) in [5.41, 5.74) is 2.56. The molecule has 42 heavy (non-hydrogen) atoms. The van der Waals surface area contributed by atoms with Gasteiger partial charge >= 0.3 is 18.0 Å². The van der Waals surface area contributed by atoms with Gasteiger partial charge in [0.1, 0.15) is 11.5 Å². The maximum Gasteiger partial charge on any atom is 0.435 e. The van der Waals surface area contributed by atoms with E-state index in [1.54, 1.807) is 25.1 Å². The van der Waals surface area contributed by atoms with Gasteiger partial charge in [-0.15, -0.1) is 0 Å². The van der Waals surface area contributed by atoms with Crippen LogP contribution in [0, 0.1) is 5.82 Å². The second-order valence-corrected chi connectivity index (χ2v) is 9.33. The van der Waals surface area contributed by atoms with Crippen LogP contribution < -0.4 is 10.6 Å². The van der Waals surface area contributed by atoms with Crippen LogP contribution in [0.1, 0.15) is 46.2 Å². The maximum absolute atomic E-state index is 14.1. The van der Waals surface area contributed by atoms with Gasteiger partial charge in [-0.2, -0.15) is 9.78 Å². The minimum Gasteiger partial charge on any atom is -0.478 e. The minimum atomic E-state index is -1.26. The minimum absolute atomic E-state index is 0.136. The zero-order valence-corrected chi connectivity index (χ0v) is 22.7. The molecule has 0 bridgehead atoms. The molecule has 2 amide bonds. The van der Waals surface area contributed by atoms with E-state index in [1.807, 2.05) is 6.92 Å². The molecule has 1 saturated heterocycles. The molecule has 220 valence electrons. The molecule has 1 atom stereocenters. The molecule has 2 aliphatic rings. The number of aromatic nitrogens is 2. The van der Waals surface area contributed by atoms with E-state index < -0.39 is 35.7 Å². The Balaban J connectivity index is 0.000000446. The number of amides is 2. The molecule has 3 aromatic rings. The SMILES string of the molecule is CCOC(=O)n1nc(-c2ccc3c(c2C(C)N2CCNCC2)C(=O)NC3=O)c2ccc(F)cc21.O=C(O)C=CC(=O)O. The van der Waals surface area contributed by atoms with Crippen LogP contribution in [-0.2, 0) is 14.3 Å². The molecule has 0 aliphatic carbocycles. The van der Waals surface area contributed by atoms with Gasteiger partial charge in [-0.3, -0.25) is 19.8 Å². The van der Waals surface area contributed by atoms with E-state index in [2.05, 4.69) is 20.6 Å². The number of imide groups is 1. The molecule has 2 aromatic carbocycles. The number of fused-ring (bicyclic) bond motifs is 2. The van der Waals surface area contributed by atoms with E-state index in [4.69, 9.17) is 14.9 Å². The summed E-state index contributed by atoms with van der Waals surface area (Å²) in [6, 6.07) is 7.20. The summed E-state index contributed by atoms with van der Waals surface area (Å²) >= 11 is 0. The first kappa shape index (κ1) is 30.0. The van der Waals surface area contributed by atoms with Crippen molar-refractivity contribution in [2.45, 2.75) is 19.9 Å². The quantitative estimate of drug-likeness (QED) is 0.248. The number of benzene rings is 2. The monoisotopic (exact) mass is 581 g/mol. The Labute approximate surface area is 238 Å². The highest BCUT2D eigenvalue weighted by molar-refractivity contribution is 6.23. The van der Waals surface area contributed by atoms with Crippen LogP contribution in [0.4, 0.5) is 9.18 Å². The molecular formula is C28H28FN5O8. The number of carboxylic acids is 2. The highest BCUT2D eigenvalue weighted by atomic mass is 19.1. The number of piperazine rings is 1. The topological polar surface area (TPSA) is 180 Å². The van der Waals surface area contributed by atoms with E-state index in [1.165, 1.54) is 12.1 Å². The van der Waals surface area contributed by atoms with E-state index >= 15 is 0 Å². The molecule has 1 fully saturated rings. The van der Waals surface area contributed by atoms with Crippen molar-refractivity contribution in [2.75, 3.05) is 32.8 Å². The smallest absolute Gasteiger partial charge is 0.435 e. The van der Waals surface area contributed by atoms with Crippen molar-refractivity contribution in [1.82, 2.24) is 25.3 Å². The van der Waals surface area contributed by atoms with Gasteiger partial charge in [-0.1, -0.05) is 6.07 Å². The van der Waals surface area contributed by atoms with Crippen molar-refractivity contribution >= 4 is 40.7 Å². The molecule has 1 aromatic heterocycles. The zero-order valence-electron chi connectivity index (χ0n) is 22.7. The number of carbonyl (C=O) groups excluding carboxylic acids is 3. The Morgan fingerprint density at radius 1 is 1.05 bits per heavy atom. The van der Waals surface area contributed by atoms with Crippen LogP contribution >= 0.6 is 0 Å². The number of nitrogens with zero attached hydrogens (tertiary/aromatic N) is 3. The lowest BCUT2D eigenvalue weighted by Crippen LogP contribution is -2.44. The fourth-order valence-corrected chi connectivity index (χ4v) is 4.93. The van der Waals surface area contributed by atoms with Crippen LogP contribution in [-0.4, -0.2) is 87.5 Å². The second kappa shape index (κ2) is 12.7. The standard InChI is InChI=1S/C24H24FN5O4.C4H4O4/c1-3-34-24(33)30-18-12-14(25)4-5-15(18)21(28-30)16-6-7-17-20(23(32)27-22(17)31)19(16)13(2)29-10-8-26-9-11-29;5-3(6)1-2-4(7)8/h4-7,12-13,26H,3,8-11H2,1-2H3,(H,27,31,32);1-2H,(H,5,6)(H,7,8). The number of hydrogen-bond acceptors (Lipinski definition) is 9. The van der Waals surface area contributed by atoms with Gasteiger partial charge in [-0.25, -0.2) is 18.8 Å². The molecular weight excluding hydrogens is 553 g/mol. The summed E-state index contributed by atoms with van der Waals surface area (Å²) in [7, 11) is 0. The zero-order chi connectivity index (χ0) is 30.6. The van der Waals surface area contributed by atoms with Crippen LogP contribution in [0.25, 0.3) is 22.2 Å². The molecule has 14 heteroatoms. The summed E-state index contributed by atoms with van der Waals surface area (Å²) in [5.74, 6) is -3.93. The van der Waals surface area contributed by atoms with Crippen molar-refractivity contribution in [1.29, 1.82) is 0 Å². The Hall–Kier alpha value is -4.95. The Kier molecular flexibility index (Phi) is 9.08. The number of ether oxygens (including phenoxy) is 1. The van der Waals surface area contributed by atoms with E-state index in [-0.39, 0.29) is 18.2 Å². The average molecular weight is 582 g/mol. The Morgan fingerprint density at radius 2 is 1.69 bits per heavy atom. The Bertz CT molecular complexity index is 1590. The van der Waals surface area contributed by atoms with Crippen LogP contribution in [0.2, 0.25) is 0 Å². The summed E-state index contributed by atoms with van der Waals surface area (Å²) < 4.78 is 20.3. The van der Waals surface area contributed by atoms with Gasteiger partial charge in [0.15, 0.2) is 0 Å². The molecule has 0 radical (unpaired) electrons. The van der Waals surface area contributed by atoms with E-state index in [9.17, 15) is 28.4 Å². The molecule has 5 rings (SSSR count). The van der Waals surface area contributed by atoms with Crippen LogP contribution in [0.5, 0.6) is 0 Å². The molecule has 1 unspecified atom stereocenters. The van der Waals surface area contributed by atoms with Crippen LogP contribution in [0.3, 0.4) is 0 Å². The fraction of sp³-hybridized carbons (Fsp3) is 0.286. The highest BCUT2D eigenvalue weighted by Gasteiger charge is 2.36. The van der Waals surface area contributed by atoms with Gasteiger partial charge in [-0.05, 0) is 37.6 Å². The highest BCUT2D eigenvalue weighted by Crippen LogP contribution is 2.39. The fourth-order valence-electron chi connectivity index (χ4n) is 4.93. The van der Waals surface area contributed by atoms with Crippen molar-refractivity contribution < 1.29 is 43.3 Å². The molecule has 13 nitrogen and oxygen atoms in total. The third-order valence-corrected chi connectivity index (χ3v) is 6.77. The summed E-state index contributed by atoms with van der Waals surface area (Å²) in [6.45, 7) is 6.95. The van der Waals surface area contributed by atoms with Gasteiger partial charge in [0.2, 0.25) is 0 Å². The molecule has 2 aliphatic heterocycles. The predicted molar refractivity (Wildman–Crippen MR) is 147 cm³/mol. The van der Waals surface area contributed by atoms with Gasteiger partial charge in [0.05, 0.1) is 23.3 Å². The number of carbonyl (C=O) groups is 5. The second-order valence-electron chi connectivity index (χ2n) is 9.33.